The number of anilines is 2. The van der Waals surface area contributed by atoms with Crippen LogP contribution in [0.3, 0.4) is 0 Å². The first-order valence-corrected chi connectivity index (χ1v) is 11.5. The van der Waals surface area contributed by atoms with Crippen molar-refractivity contribution in [1.29, 1.82) is 0 Å². The number of carbonyl (C=O) groups is 1. The Hall–Kier alpha value is -1.86. The molecule has 3 aliphatic heterocycles. The summed E-state index contributed by atoms with van der Waals surface area (Å²) in [7, 11) is 0. The lowest BCUT2D eigenvalue weighted by Crippen LogP contribution is -2.36. The van der Waals surface area contributed by atoms with Gasteiger partial charge in [-0.3, -0.25) is 9.48 Å². The number of halogens is 1. The van der Waals surface area contributed by atoms with Gasteiger partial charge < -0.3 is 15.1 Å². The first kappa shape index (κ1) is 19.1. The normalized spacial score (nSPS) is 19.8. The standard InChI is InChI=1S/C22H28BrN5O/c1-15(29)26-12-8-21-19(14-26)22(25-28(21)18-6-9-24-10-7-18)27-11-2-3-16-13-17(23)4-5-20(16)27/h4-5,13,18,24H,2-3,6-12,14H2,1H3. The average Bonchev–Trinajstić information content (AvgIpc) is 3.12. The Morgan fingerprint density at radius 1 is 1.21 bits per heavy atom. The topological polar surface area (TPSA) is 53.4 Å². The van der Waals surface area contributed by atoms with Crippen LogP contribution in [-0.4, -0.2) is 46.8 Å². The Morgan fingerprint density at radius 2 is 2.03 bits per heavy atom. The third kappa shape index (κ3) is 3.48. The van der Waals surface area contributed by atoms with Crippen molar-refractivity contribution in [3.8, 4) is 0 Å². The van der Waals surface area contributed by atoms with Crippen LogP contribution in [0.25, 0.3) is 0 Å². The molecule has 1 N–H and O–H groups in total. The number of benzene rings is 1. The molecule has 2 aromatic rings. The SMILES string of the molecule is CC(=O)N1CCc2c(c(N3CCCc4cc(Br)ccc43)nn2C2CCNCC2)C1. The molecule has 5 rings (SSSR count). The Bertz CT molecular complexity index is 934. The zero-order valence-electron chi connectivity index (χ0n) is 17.0. The van der Waals surface area contributed by atoms with Crippen LogP contribution < -0.4 is 10.2 Å². The maximum absolute atomic E-state index is 12.1. The molecule has 1 aromatic carbocycles. The van der Waals surface area contributed by atoms with E-state index in [-0.39, 0.29) is 5.91 Å². The first-order valence-electron chi connectivity index (χ1n) is 10.7. The maximum atomic E-state index is 12.1. The summed E-state index contributed by atoms with van der Waals surface area (Å²) in [5.41, 5.74) is 5.22. The van der Waals surface area contributed by atoms with Crippen LogP contribution in [-0.2, 0) is 24.2 Å². The van der Waals surface area contributed by atoms with E-state index < -0.39 is 0 Å². The van der Waals surface area contributed by atoms with Gasteiger partial charge in [0, 0.05) is 47.9 Å². The zero-order valence-corrected chi connectivity index (χ0v) is 18.5. The highest BCUT2D eigenvalue weighted by Gasteiger charge is 2.33. The van der Waals surface area contributed by atoms with Crippen molar-refractivity contribution in [3.63, 3.8) is 0 Å². The summed E-state index contributed by atoms with van der Waals surface area (Å²) in [6.07, 6.45) is 5.35. The highest BCUT2D eigenvalue weighted by atomic mass is 79.9. The van der Waals surface area contributed by atoms with Gasteiger partial charge in [-0.2, -0.15) is 5.10 Å². The van der Waals surface area contributed by atoms with Gasteiger partial charge in [0.25, 0.3) is 0 Å². The maximum Gasteiger partial charge on any atom is 0.219 e. The van der Waals surface area contributed by atoms with E-state index in [4.69, 9.17) is 5.10 Å². The van der Waals surface area contributed by atoms with Crippen molar-refractivity contribution < 1.29 is 4.79 Å². The smallest absolute Gasteiger partial charge is 0.219 e. The van der Waals surface area contributed by atoms with Crippen LogP contribution in [0.15, 0.2) is 22.7 Å². The molecule has 1 aromatic heterocycles. The Kier molecular flexibility index (Phi) is 5.12. The number of nitrogens with zero attached hydrogens (tertiary/aromatic N) is 4. The molecule has 154 valence electrons. The molecular weight excluding hydrogens is 430 g/mol. The van der Waals surface area contributed by atoms with Gasteiger partial charge in [-0.15, -0.1) is 0 Å². The number of hydrogen-bond acceptors (Lipinski definition) is 4. The number of carbonyl (C=O) groups excluding carboxylic acids is 1. The van der Waals surface area contributed by atoms with Crippen LogP contribution in [0.4, 0.5) is 11.5 Å². The number of piperidine rings is 1. The van der Waals surface area contributed by atoms with E-state index >= 15 is 0 Å². The molecule has 6 nitrogen and oxygen atoms in total. The number of amides is 1. The lowest BCUT2D eigenvalue weighted by Gasteiger charge is -2.32. The second-order valence-electron chi connectivity index (χ2n) is 8.39. The minimum Gasteiger partial charge on any atom is -0.338 e. The summed E-state index contributed by atoms with van der Waals surface area (Å²) >= 11 is 3.62. The number of rotatable bonds is 2. The molecule has 29 heavy (non-hydrogen) atoms. The van der Waals surface area contributed by atoms with Gasteiger partial charge in [0.2, 0.25) is 5.91 Å². The number of aryl methyl sites for hydroxylation is 1. The summed E-state index contributed by atoms with van der Waals surface area (Å²) in [4.78, 5) is 16.5. The number of hydrogen-bond donors (Lipinski definition) is 1. The highest BCUT2D eigenvalue weighted by Crippen LogP contribution is 2.39. The first-order chi connectivity index (χ1) is 14.1. The minimum absolute atomic E-state index is 0.152. The summed E-state index contributed by atoms with van der Waals surface area (Å²) in [5, 5.41) is 8.69. The van der Waals surface area contributed by atoms with Gasteiger partial charge in [0.1, 0.15) is 0 Å². The van der Waals surface area contributed by atoms with E-state index in [0.29, 0.717) is 12.6 Å². The van der Waals surface area contributed by atoms with Crippen molar-refractivity contribution in [2.75, 3.05) is 31.1 Å². The Labute approximate surface area is 180 Å². The minimum atomic E-state index is 0.152. The van der Waals surface area contributed by atoms with Crippen LogP contribution in [0, 0.1) is 0 Å². The number of fused-ring (bicyclic) bond motifs is 2. The zero-order chi connectivity index (χ0) is 20.0. The van der Waals surface area contributed by atoms with E-state index in [0.717, 1.165) is 68.6 Å². The van der Waals surface area contributed by atoms with Crippen molar-refractivity contribution in [1.82, 2.24) is 20.0 Å². The van der Waals surface area contributed by atoms with E-state index in [2.05, 4.69) is 49.0 Å². The van der Waals surface area contributed by atoms with Crippen LogP contribution in [0.1, 0.15) is 49.0 Å². The molecule has 0 atom stereocenters. The van der Waals surface area contributed by atoms with Gasteiger partial charge in [-0.1, -0.05) is 15.9 Å². The van der Waals surface area contributed by atoms with Gasteiger partial charge in [0.15, 0.2) is 5.82 Å². The molecule has 0 unspecified atom stereocenters. The van der Waals surface area contributed by atoms with Crippen molar-refractivity contribution in [3.05, 3.63) is 39.5 Å². The number of aromatic nitrogens is 2. The lowest BCUT2D eigenvalue weighted by molar-refractivity contribution is -0.129. The molecular formula is C22H28BrN5O. The van der Waals surface area contributed by atoms with E-state index in [1.807, 2.05) is 4.90 Å². The summed E-state index contributed by atoms with van der Waals surface area (Å²) in [5.74, 6) is 1.21. The molecule has 0 saturated carbocycles. The Balaban J connectivity index is 1.60. The van der Waals surface area contributed by atoms with Crippen LogP contribution >= 0.6 is 15.9 Å². The molecule has 0 spiro atoms. The number of nitrogens with one attached hydrogen (secondary N) is 1. The largest absolute Gasteiger partial charge is 0.338 e. The Morgan fingerprint density at radius 3 is 2.83 bits per heavy atom. The van der Waals surface area contributed by atoms with Crippen LogP contribution in [0.2, 0.25) is 0 Å². The molecule has 0 radical (unpaired) electrons. The van der Waals surface area contributed by atoms with Crippen molar-refractivity contribution >= 4 is 33.3 Å². The lowest BCUT2D eigenvalue weighted by atomic mass is 10.00. The summed E-state index contributed by atoms with van der Waals surface area (Å²) in [6.45, 7) is 6.22. The fourth-order valence-electron chi connectivity index (χ4n) is 5.05. The van der Waals surface area contributed by atoms with Crippen molar-refractivity contribution in [2.24, 2.45) is 0 Å². The van der Waals surface area contributed by atoms with E-state index in [1.165, 1.54) is 22.5 Å². The van der Waals surface area contributed by atoms with E-state index in [1.54, 1.807) is 6.92 Å². The van der Waals surface area contributed by atoms with Gasteiger partial charge in [0.05, 0.1) is 12.6 Å². The predicted octanol–water partition coefficient (Wildman–Crippen LogP) is 3.56. The second-order valence-corrected chi connectivity index (χ2v) is 9.31. The molecule has 0 bridgehead atoms. The fourth-order valence-corrected chi connectivity index (χ4v) is 5.46. The molecule has 7 heteroatoms. The molecule has 1 amide bonds. The van der Waals surface area contributed by atoms with Crippen molar-refractivity contribution in [2.45, 2.75) is 51.6 Å². The fraction of sp³-hybridized carbons (Fsp3) is 0.545. The predicted molar refractivity (Wildman–Crippen MR) is 118 cm³/mol. The summed E-state index contributed by atoms with van der Waals surface area (Å²) < 4.78 is 3.44. The molecule has 0 aliphatic carbocycles. The molecule has 1 fully saturated rings. The monoisotopic (exact) mass is 457 g/mol. The third-order valence-corrected chi connectivity index (χ3v) is 7.07. The molecule has 3 aliphatic rings. The molecule has 1 saturated heterocycles. The third-order valence-electron chi connectivity index (χ3n) is 6.58. The van der Waals surface area contributed by atoms with Gasteiger partial charge >= 0.3 is 0 Å². The average molecular weight is 458 g/mol. The van der Waals surface area contributed by atoms with E-state index in [9.17, 15) is 4.79 Å². The van der Waals surface area contributed by atoms with Crippen LogP contribution in [0.5, 0.6) is 0 Å². The summed E-state index contributed by atoms with van der Waals surface area (Å²) in [6, 6.07) is 7.02. The molecule has 4 heterocycles. The quantitative estimate of drug-likeness (QED) is 0.748. The van der Waals surface area contributed by atoms with Gasteiger partial charge in [-0.05, 0) is 62.5 Å². The van der Waals surface area contributed by atoms with Gasteiger partial charge in [-0.25, -0.2) is 0 Å². The highest BCUT2D eigenvalue weighted by molar-refractivity contribution is 9.10. The second kappa shape index (κ2) is 7.76.